The van der Waals surface area contributed by atoms with Gasteiger partial charge in [-0.25, -0.2) is 0 Å². The standard InChI is InChI=1S/C12H14O/c1-9-4-2-3-5-12(9)10-6-7-11(13)8-10/h2-7,10-11,13H,8H2,1H3/t10-,11-/m1/s1. The van der Waals surface area contributed by atoms with Gasteiger partial charge in [-0.2, -0.15) is 0 Å². The van der Waals surface area contributed by atoms with Crippen LogP contribution in [0.15, 0.2) is 36.4 Å². The second-order valence-electron chi connectivity index (χ2n) is 3.65. The largest absolute Gasteiger partial charge is 0.389 e. The lowest BCUT2D eigenvalue weighted by Crippen LogP contribution is -2.01. The van der Waals surface area contributed by atoms with E-state index in [0.29, 0.717) is 5.92 Å². The quantitative estimate of drug-likeness (QED) is 0.648. The molecule has 1 aromatic rings. The Bertz CT molecular complexity index is 328. The third-order valence-electron chi connectivity index (χ3n) is 2.65. The molecule has 1 N–H and O–H groups in total. The van der Waals surface area contributed by atoms with Crippen LogP contribution in [0.3, 0.4) is 0 Å². The van der Waals surface area contributed by atoms with Crippen molar-refractivity contribution in [1.29, 1.82) is 0 Å². The fraction of sp³-hybridized carbons (Fsp3) is 0.333. The first-order valence-electron chi connectivity index (χ1n) is 4.69. The molecule has 2 rings (SSSR count). The third-order valence-corrected chi connectivity index (χ3v) is 2.65. The van der Waals surface area contributed by atoms with E-state index in [1.165, 1.54) is 11.1 Å². The molecular weight excluding hydrogens is 160 g/mol. The van der Waals surface area contributed by atoms with Crippen molar-refractivity contribution < 1.29 is 5.11 Å². The Morgan fingerprint density at radius 1 is 1.23 bits per heavy atom. The number of hydrogen-bond donors (Lipinski definition) is 1. The Morgan fingerprint density at radius 2 is 2.00 bits per heavy atom. The minimum Gasteiger partial charge on any atom is -0.389 e. The highest BCUT2D eigenvalue weighted by atomic mass is 16.3. The molecular formula is C12H14O. The van der Waals surface area contributed by atoms with Crippen LogP contribution in [0.5, 0.6) is 0 Å². The van der Waals surface area contributed by atoms with Gasteiger partial charge >= 0.3 is 0 Å². The number of aliphatic hydroxyl groups is 1. The zero-order chi connectivity index (χ0) is 9.26. The van der Waals surface area contributed by atoms with Gasteiger partial charge in [-0.15, -0.1) is 0 Å². The average Bonchev–Trinajstić information content (AvgIpc) is 2.53. The lowest BCUT2D eigenvalue weighted by atomic mass is 9.94. The Hall–Kier alpha value is -1.08. The Morgan fingerprint density at radius 3 is 2.62 bits per heavy atom. The summed E-state index contributed by atoms with van der Waals surface area (Å²) in [5.74, 6) is 0.413. The van der Waals surface area contributed by atoms with E-state index in [9.17, 15) is 5.11 Å². The van der Waals surface area contributed by atoms with Crippen molar-refractivity contribution in [3.63, 3.8) is 0 Å². The SMILES string of the molecule is Cc1ccccc1[C@@H]1C=C[C@@H](O)C1. The van der Waals surface area contributed by atoms with Crippen LogP contribution in [-0.2, 0) is 0 Å². The maximum Gasteiger partial charge on any atom is 0.0729 e. The summed E-state index contributed by atoms with van der Waals surface area (Å²) in [4.78, 5) is 0. The van der Waals surface area contributed by atoms with Crippen LogP contribution in [0, 0.1) is 6.92 Å². The van der Waals surface area contributed by atoms with Crippen LogP contribution in [0.25, 0.3) is 0 Å². The van der Waals surface area contributed by atoms with Gasteiger partial charge in [-0.3, -0.25) is 0 Å². The molecule has 0 aromatic heterocycles. The van der Waals surface area contributed by atoms with Gasteiger partial charge in [0.1, 0.15) is 0 Å². The first kappa shape index (κ1) is 8.52. The van der Waals surface area contributed by atoms with E-state index in [0.717, 1.165) is 6.42 Å². The predicted octanol–water partition coefficient (Wildman–Crippen LogP) is 2.40. The maximum atomic E-state index is 9.36. The molecule has 0 bridgehead atoms. The summed E-state index contributed by atoms with van der Waals surface area (Å²) in [6.45, 7) is 2.12. The van der Waals surface area contributed by atoms with Crippen molar-refractivity contribution >= 4 is 0 Å². The highest BCUT2D eigenvalue weighted by molar-refractivity contribution is 5.34. The van der Waals surface area contributed by atoms with Crippen LogP contribution in [-0.4, -0.2) is 11.2 Å². The first-order valence-corrected chi connectivity index (χ1v) is 4.69. The zero-order valence-corrected chi connectivity index (χ0v) is 7.77. The van der Waals surface area contributed by atoms with E-state index < -0.39 is 0 Å². The van der Waals surface area contributed by atoms with Crippen LogP contribution in [0.4, 0.5) is 0 Å². The van der Waals surface area contributed by atoms with E-state index in [4.69, 9.17) is 0 Å². The summed E-state index contributed by atoms with van der Waals surface area (Å²) in [6.07, 6.45) is 4.58. The highest BCUT2D eigenvalue weighted by Gasteiger charge is 2.18. The molecule has 68 valence electrons. The van der Waals surface area contributed by atoms with E-state index in [1.807, 2.05) is 12.1 Å². The van der Waals surface area contributed by atoms with E-state index in [1.54, 1.807) is 0 Å². The fourth-order valence-corrected chi connectivity index (χ4v) is 1.91. The Kier molecular flexibility index (Phi) is 2.19. The molecule has 2 atom stereocenters. The van der Waals surface area contributed by atoms with Crippen LogP contribution in [0.2, 0.25) is 0 Å². The maximum absolute atomic E-state index is 9.36. The summed E-state index contributed by atoms with van der Waals surface area (Å²) < 4.78 is 0. The van der Waals surface area contributed by atoms with E-state index in [-0.39, 0.29) is 6.10 Å². The summed E-state index contributed by atoms with van der Waals surface area (Å²) in [5, 5.41) is 9.36. The van der Waals surface area contributed by atoms with E-state index >= 15 is 0 Å². The molecule has 1 aromatic carbocycles. The minimum absolute atomic E-state index is 0.246. The monoisotopic (exact) mass is 174 g/mol. The molecule has 1 aliphatic carbocycles. The number of hydrogen-bond acceptors (Lipinski definition) is 1. The molecule has 0 heterocycles. The summed E-state index contributed by atoms with van der Waals surface area (Å²) in [5.41, 5.74) is 2.65. The average molecular weight is 174 g/mol. The molecule has 0 saturated carbocycles. The summed E-state index contributed by atoms with van der Waals surface area (Å²) in [7, 11) is 0. The van der Waals surface area contributed by atoms with Gasteiger partial charge in [0.15, 0.2) is 0 Å². The molecule has 0 spiro atoms. The molecule has 1 aliphatic rings. The number of allylic oxidation sites excluding steroid dienone is 1. The van der Waals surface area contributed by atoms with Gasteiger partial charge in [0.25, 0.3) is 0 Å². The fourth-order valence-electron chi connectivity index (χ4n) is 1.91. The molecule has 1 heteroatoms. The summed E-state index contributed by atoms with van der Waals surface area (Å²) >= 11 is 0. The van der Waals surface area contributed by atoms with Crippen molar-refractivity contribution in [3.05, 3.63) is 47.5 Å². The normalized spacial score (nSPS) is 26.6. The topological polar surface area (TPSA) is 20.2 Å². The Labute approximate surface area is 78.7 Å². The van der Waals surface area contributed by atoms with Gasteiger partial charge in [0.05, 0.1) is 6.10 Å². The summed E-state index contributed by atoms with van der Waals surface area (Å²) in [6, 6.07) is 8.37. The molecule has 0 radical (unpaired) electrons. The van der Waals surface area contributed by atoms with Crippen LogP contribution in [0.1, 0.15) is 23.5 Å². The van der Waals surface area contributed by atoms with Gasteiger partial charge < -0.3 is 5.11 Å². The lowest BCUT2D eigenvalue weighted by Gasteiger charge is -2.11. The predicted molar refractivity (Wildman–Crippen MR) is 53.7 cm³/mol. The van der Waals surface area contributed by atoms with Gasteiger partial charge in [-0.05, 0) is 24.5 Å². The number of aryl methyl sites for hydroxylation is 1. The second-order valence-corrected chi connectivity index (χ2v) is 3.65. The van der Waals surface area contributed by atoms with Crippen molar-refractivity contribution in [2.24, 2.45) is 0 Å². The van der Waals surface area contributed by atoms with Crippen molar-refractivity contribution in [2.75, 3.05) is 0 Å². The Balaban J connectivity index is 2.27. The highest BCUT2D eigenvalue weighted by Crippen LogP contribution is 2.30. The molecule has 0 saturated heterocycles. The molecule has 1 nitrogen and oxygen atoms in total. The minimum atomic E-state index is -0.246. The zero-order valence-electron chi connectivity index (χ0n) is 7.77. The van der Waals surface area contributed by atoms with E-state index in [2.05, 4.69) is 31.2 Å². The van der Waals surface area contributed by atoms with Gasteiger partial charge in [0, 0.05) is 5.92 Å². The molecule has 0 aliphatic heterocycles. The van der Waals surface area contributed by atoms with Gasteiger partial charge in [-0.1, -0.05) is 36.4 Å². The molecule has 0 fully saturated rings. The molecule has 13 heavy (non-hydrogen) atoms. The smallest absolute Gasteiger partial charge is 0.0729 e. The van der Waals surface area contributed by atoms with Crippen molar-refractivity contribution in [2.45, 2.75) is 25.4 Å². The first-order chi connectivity index (χ1) is 6.27. The molecule has 0 amide bonds. The lowest BCUT2D eigenvalue weighted by molar-refractivity contribution is 0.218. The second kappa shape index (κ2) is 3.35. The number of rotatable bonds is 1. The van der Waals surface area contributed by atoms with Crippen LogP contribution >= 0.6 is 0 Å². The van der Waals surface area contributed by atoms with Crippen LogP contribution < -0.4 is 0 Å². The van der Waals surface area contributed by atoms with Gasteiger partial charge in [0.2, 0.25) is 0 Å². The van der Waals surface area contributed by atoms with Crippen molar-refractivity contribution in [3.8, 4) is 0 Å². The third kappa shape index (κ3) is 1.65. The van der Waals surface area contributed by atoms with Crippen molar-refractivity contribution in [1.82, 2.24) is 0 Å². The number of benzene rings is 1. The molecule has 0 unspecified atom stereocenters. The number of aliphatic hydroxyl groups excluding tert-OH is 1.